The molecule has 0 fully saturated rings. The molecule has 1 unspecified atom stereocenters. The van der Waals surface area contributed by atoms with E-state index in [4.69, 9.17) is 4.42 Å². The van der Waals surface area contributed by atoms with Gasteiger partial charge in [-0.2, -0.15) is 0 Å². The highest BCUT2D eigenvalue weighted by atomic mass is 16.3. The zero-order valence-electron chi connectivity index (χ0n) is 11.8. The highest BCUT2D eigenvalue weighted by Gasteiger charge is 2.31. The average molecular weight is 238 g/mol. The Balaban J connectivity index is 2.72. The summed E-state index contributed by atoms with van der Waals surface area (Å²) < 4.78 is 5.15. The van der Waals surface area contributed by atoms with E-state index in [1.165, 1.54) is 5.56 Å². The SMILES string of the molecule is CCCNC(Cc1ccoc1)C(C)(C)N(C)C. The van der Waals surface area contributed by atoms with Gasteiger partial charge in [-0.05, 0) is 59.0 Å². The molecule has 98 valence electrons. The highest BCUT2D eigenvalue weighted by molar-refractivity contribution is 5.10. The molecule has 0 spiro atoms. The fraction of sp³-hybridized carbons (Fsp3) is 0.714. The van der Waals surface area contributed by atoms with Crippen LogP contribution in [0.4, 0.5) is 0 Å². The van der Waals surface area contributed by atoms with E-state index in [-0.39, 0.29) is 5.54 Å². The fourth-order valence-electron chi connectivity index (χ4n) is 1.85. The number of nitrogens with zero attached hydrogens (tertiary/aromatic N) is 1. The van der Waals surface area contributed by atoms with Gasteiger partial charge in [0.2, 0.25) is 0 Å². The molecule has 0 aromatic carbocycles. The van der Waals surface area contributed by atoms with E-state index >= 15 is 0 Å². The molecule has 0 bridgehead atoms. The number of hydrogen-bond acceptors (Lipinski definition) is 3. The van der Waals surface area contributed by atoms with E-state index in [0.29, 0.717) is 6.04 Å². The van der Waals surface area contributed by atoms with E-state index in [0.717, 1.165) is 19.4 Å². The van der Waals surface area contributed by atoms with Crippen molar-refractivity contribution >= 4 is 0 Å². The first-order valence-corrected chi connectivity index (χ1v) is 6.40. The van der Waals surface area contributed by atoms with Crippen molar-refractivity contribution in [3.63, 3.8) is 0 Å². The lowest BCUT2D eigenvalue weighted by Crippen LogP contribution is -2.56. The average Bonchev–Trinajstić information content (AvgIpc) is 2.76. The van der Waals surface area contributed by atoms with Gasteiger partial charge in [-0.1, -0.05) is 6.92 Å². The van der Waals surface area contributed by atoms with Crippen LogP contribution in [-0.2, 0) is 6.42 Å². The van der Waals surface area contributed by atoms with E-state index in [2.05, 4.69) is 45.1 Å². The molecule has 0 aliphatic carbocycles. The Morgan fingerprint density at radius 2 is 2.12 bits per heavy atom. The maximum Gasteiger partial charge on any atom is 0.0935 e. The molecule has 0 saturated heterocycles. The van der Waals surface area contributed by atoms with Crippen molar-refractivity contribution in [1.82, 2.24) is 10.2 Å². The largest absolute Gasteiger partial charge is 0.472 e. The van der Waals surface area contributed by atoms with Crippen LogP contribution in [0.1, 0.15) is 32.8 Å². The lowest BCUT2D eigenvalue weighted by molar-refractivity contribution is 0.137. The molecule has 0 saturated carbocycles. The summed E-state index contributed by atoms with van der Waals surface area (Å²) >= 11 is 0. The molecular weight excluding hydrogens is 212 g/mol. The molecule has 1 N–H and O–H groups in total. The minimum Gasteiger partial charge on any atom is -0.472 e. The monoisotopic (exact) mass is 238 g/mol. The quantitative estimate of drug-likeness (QED) is 0.791. The first kappa shape index (κ1) is 14.3. The molecule has 0 radical (unpaired) electrons. The Labute approximate surface area is 105 Å². The molecule has 1 rings (SSSR count). The van der Waals surface area contributed by atoms with Crippen molar-refractivity contribution < 1.29 is 4.42 Å². The van der Waals surface area contributed by atoms with Gasteiger partial charge in [0.05, 0.1) is 12.5 Å². The number of furan rings is 1. The van der Waals surface area contributed by atoms with Gasteiger partial charge in [-0.25, -0.2) is 0 Å². The Morgan fingerprint density at radius 1 is 1.41 bits per heavy atom. The lowest BCUT2D eigenvalue weighted by atomic mass is 9.88. The summed E-state index contributed by atoms with van der Waals surface area (Å²) in [6, 6.07) is 2.47. The molecule has 0 amide bonds. The van der Waals surface area contributed by atoms with Crippen molar-refractivity contribution in [1.29, 1.82) is 0 Å². The minimum atomic E-state index is 0.118. The summed E-state index contributed by atoms with van der Waals surface area (Å²) in [4.78, 5) is 2.28. The molecule has 17 heavy (non-hydrogen) atoms. The summed E-state index contributed by atoms with van der Waals surface area (Å²) in [6.45, 7) is 7.81. The first-order chi connectivity index (χ1) is 7.98. The summed E-state index contributed by atoms with van der Waals surface area (Å²) in [5.74, 6) is 0. The second kappa shape index (κ2) is 6.22. The molecule has 1 aromatic rings. The lowest BCUT2D eigenvalue weighted by Gasteiger charge is -2.40. The van der Waals surface area contributed by atoms with Gasteiger partial charge in [0.25, 0.3) is 0 Å². The van der Waals surface area contributed by atoms with Crippen LogP contribution in [0.15, 0.2) is 23.0 Å². The first-order valence-electron chi connectivity index (χ1n) is 6.40. The molecular formula is C14H26N2O. The van der Waals surface area contributed by atoms with Gasteiger partial charge in [-0.3, -0.25) is 0 Å². The van der Waals surface area contributed by atoms with Gasteiger partial charge < -0.3 is 14.6 Å². The number of likely N-dealkylation sites (N-methyl/N-ethyl adjacent to an activating group) is 1. The normalized spacial score (nSPS) is 14.2. The maximum absolute atomic E-state index is 5.15. The van der Waals surface area contributed by atoms with E-state index < -0.39 is 0 Å². The summed E-state index contributed by atoms with van der Waals surface area (Å²) in [6.07, 6.45) is 5.74. The number of nitrogens with one attached hydrogen (secondary N) is 1. The Hall–Kier alpha value is -0.800. The Bertz CT molecular complexity index is 304. The van der Waals surface area contributed by atoms with E-state index in [1.54, 1.807) is 6.26 Å². The van der Waals surface area contributed by atoms with Crippen molar-refractivity contribution in [2.24, 2.45) is 0 Å². The zero-order valence-corrected chi connectivity index (χ0v) is 11.8. The molecule has 1 heterocycles. The van der Waals surface area contributed by atoms with E-state index in [9.17, 15) is 0 Å². The smallest absolute Gasteiger partial charge is 0.0935 e. The standard InChI is InChI=1S/C14H26N2O/c1-6-8-15-13(14(2,3)16(4)5)10-12-7-9-17-11-12/h7,9,11,13,15H,6,8,10H2,1-5H3. The fourth-order valence-corrected chi connectivity index (χ4v) is 1.85. The summed E-state index contributed by atoms with van der Waals surface area (Å²) in [7, 11) is 4.27. The van der Waals surface area contributed by atoms with Gasteiger partial charge in [0.1, 0.15) is 0 Å². The second-order valence-electron chi connectivity index (χ2n) is 5.39. The Kier molecular flexibility index (Phi) is 5.22. The zero-order chi connectivity index (χ0) is 12.9. The maximum atomic E-state index is 5.15. The molecule has 1 atom stereocenters. The van der Waals surface area contributed by atoms with Crippen LogP contribution in [0.25, 0.3) is 0 Å². The van der Waals surface area contributed by atoms with Crippen molar-refractivity contribution in [3.8, 4) is 0 Å². The van der Waals surface area contributed by atoms with Crippen LogP contribution in [0, 0.1) is 0 Å². The summed E-state index contributed by atoms with van der Waals surface area (Å²) in [5.41, 5.74) is 1.38. The second-order valence-corrected chi connectivity index (χ2v) is 5.39. The predicted molar refractivity (Wildman–Crippen MR) is 72.3 cm³/mol. The molecule has 3 nitrogen and oxygen atoms in total. The van der Waals surface area contributed by atoms with Gasteiger partial charge in [0, 0.05) is 11.6 Å². The van der Waals surface area contributed by atoms with Crippen LogP contribution >= 0.6 is 0 Å². The third-order valence-electron chi connectivity index (χ3n) is 3.67. The van der Waals surface area contributed by atoms with Gasteiger partial charge >= 0.3 is 0 Å². The van der Waals surface area contributed by atoms with Gasteiger partial charge in [-0.15, -0.1) is 0 Å². The number of rotatable bonds is 7. The van der Waals surface area contributed by atoms with Gasteiger partial charge in [0.15, 0.2) is 0 Å². The molecule has 1 aromatic heterocycles. The highest BCUT2D eigenvalue weighted by Crippen LogP contribution is 2.20. The third kappa shape index (κ3) is 3.86. The van der Waals surface area contributed by atoms with Crippen molar-refractivity contribution in [2.75, 3.05) is 20.6 Å². The molecule has 0 aliphatic heterocycles. The predicted octanol–water partition coefficient (Wildman–Crippen LogP) is 2.53. The molecule has 0 aliphatic rings. The van der Waals surface area contributed by atoms with Crippen molar-refractivity contribution in [3.05, 3.63) is 24.2 Å². The van der Waals surface area contributed by atoms with Crippen LogP contribution in [0.5, 0.6) is 0 Å². The molecule has 3 heteroatoms. The van der Waals surface area contributed by atoms with Crippen LogP contribution in [0.2, 0.25) is 0 Å². The number of hydrogen-bond donors (Lipinski definition) is 1. The van der Waals surface area contributed by atoms with Crippen LogP contribution in [0.3, 0.4) is 0 Å². The van der Waals surface area contributed by atoms with E-state index in [1.807, 2.05) is 12.3 Å². The minimum absolute atomic E-state index is 0.118. The van der Waals surface area contributed by atoms with Crippen LogP contribution in [-0.4, -0.2) is 37.1 Å². The van der Waals surface area contributed by atoms with Crippen molar-refractivity contribution in [2.45, 2.75) is 45.2 Å². The Morgan fingerprint density at radius 3 is 2.59 bits per heavy atom. The third-order valence-corrected chi connectivity index (χ3v) is 3.67. The summed E-state index contributed by atoms with van der Waals surface area (Å²) in [5, 5.41) is 3.65. The van der Waals surface area contributed by atoms with Crippen LogP contribution < -0.4 is 5.32 Å². The topological polar surface area (TPSA) is 28.4 Å².